The van der Waals surface area contributed by atoms with Gasteiger partial charge in [-0.15, -0.1) is 23.1 Å². The fraction of sp³-hybridized carbons (Fsp3) is 0.250. The number of hydrogen-bond donors (Lipinski definition) is 4. The molecule has 0 saturated carbocycles. The Kier molecular flexibility index (Phi) is 9.31. The van der Waals surface area contributed by atoms with Gasteiger partial charge in [0.05, 0.1) is 0 Å². The van der Waals surface area contributed by atoms with Crippen LogP contribution in [0.25, 0.3) is 0 Å². The molecule has 1 saturated heterocycles. The van der Waals surface area contributed by atoms with Crippen molar-refractivity contribution in [2.45, 2.75) is 11.4 Å². The van der Waals surface area contributed by atoms with E-state index in [0.29, 0.717) is 4.91 Å². The normalized spacial score (nSPS) is 19.2. The van der Waals surface area contributed by atoms with Crippen LogP contribution in [-0.4, -0.2) is 85.9 Å². The monoisotopic (exact) mass is 569 g/mol. The van der Waals surface area contributed by atoms with Crippen LogP contribution in [0.3, 0.4) is 0 Å². The number of nitrogens with zero attached hydrogens (tertiary/aromatic N) is 3. The van der Waals surface area contributed by atoms with E-state index in [0.717, 1.165) is 34.1 Å². The first kappa shape index (κ1) is 27.8. The molecule has 5 N–H and O–H groups in total. The Balaban J connectivity index is 1.73. The first-order valence-corrected chi connectivity index (χ1v) is 12.9. The van der Waals surface area contributed by atoms with Gasteiger partial charge in [0.15, 0.2) is 10.8 Å². The number of carbonyl (C=O) groups excluding carboxylic acids is 3. The smallest absolute Gasteiger partial charge is 0.353 e. The third kappa shape index (κ3) is 6.69. The summed E-state index contributed by atoms with van der Waals surface area (Å²) in [7, 11) is 0. The number of carboxylic acids is 2. The molecule has 196 valence electrons. The number of nitrogens with one attached hydrogen (secondary N) is 1. The molecule has 0 radical (unpaired) electrons. The molecule has 2 aliphatic heterocycles. The van der Waals surface area contributed by atoms with Gasteiger partial charge in [-0.05, 0) is 5.41 Å². The number of thiazole rings is 1. The van der Waals surface area contributed by atoms with Crippen LogP contribution in [0, 0.1) is 0 Å². The van der Waals surface area contributed by atoms with E-state index < -0.39 is 53.5 Å². The Bertz CT molecular complexity index is 1230. The highest BCUT2D eigenvalue weighted by Gasteiger charge is 2.54. The van der Waals surface area contributed by atoms with Crippen molar-refractivity contribution in [2.24, 2.45) is 5.16 Å². The molecule has 17 heteroatoms. The number of ether oxygens (including phenoxy) is 1. The highest BCUT2D eigenvalue weighted by Crippen LogP contribution is 2.43. The lowest BCUT2D eigenvalue weighted by atomic mass is 10.0. The van der Waals surface area contributed by atoms with Gasteiger partial charge in [-0.25, -0.2) is 19.4 Å². The lowest BCUT2D eigenvalue weighted by Crippen LogP contribution is -2.71. The van der Waals surface area contributed by atoms with Crippen LogP contribution >= 0.6 is 34.9 Å². The number of carboxylic acid groups (broad SMARTS) is 2. The largest absolute Gasteiger partial charge is 0.479 e. The zero-order valence-corrected chi connectivity index (χ0v) is 21.1. The first-order valence-electron chi connectivity index (χ1n) is 10.1. The topological polar surface area (TPSA) is 211 Å². The van der Waals surface area contributed by atoms with E-state index in [1.54, 1.807) is 0 Å². The van der Waals surface area contributed by atoms with Crippen molar-refractivity contribution in [1.29, 1.82) is 0 Å². The van der Waals surface area contributed by atoms with Gasteiger partial charge < -0.3 is 30.8 Å². The molecule has 2 atom stereocenters. The summed E-state index contributed by atoms with van der Waals surface area (Å²) in [6.07, 6.45) is 2.52. The lowest BCUT2D eigenvalue weighted by Gasteiger charge is -2.49. The van der Waals surface area contributed by atoms with Crippen molar-refractivity contribution in [3.8, 4) is 0 Å². The third-order valence-corrected chi connectivity index (χ3v) is 7.53. The number of thioether (sulfide) groups is 2. The minimum absolute atomic E-state index is 0.00789. The average molecular weight is 570 g/mol. The molecular weight excluding hydrogens is 550 g/mol. The number of carbonyl (C=O) groups is 5. The lowest BCUT2D eigenvalue weighted by molar-refractivity contribution is -0.150. The van der Waals surface area contributed by atoms with Crippen molar-refractivity contribution in [3.05, 3.63) is 45.8 Å². The summed E-state index contributed by atoms with van der Waals surface area (Å²) < 4.78 is 4.80. The summed E-state index contributed by atoms with van der Waals surface area (Å²) in [4.78, 5) is 70.0. The minimum atomic E-state index is -1.35. The molecule has 0 bridgehead atoms. The summed E-state index contributed by atoms with van der Waals surface area (Å²) in [5.74, 6) is -4.70. The Hall–Kier alpha value is -3.83. The second-order valence-electron chi connectivity index (χ2n) is 6.96. The van der Waals surface area contributed by atoms with Gasteiger partial charge in [0, 0.05) is 22.1 Å². The number of hydrogen-bond acceptors (Lipinski definition) is 13. The molecule has 0 aliphatic carbocycles. The number of nitrogen functional groups attached to an aromatic ring is 1. The molecular formula is C20H19N5O9S3. The number of β-lactam (4-membered cyclic amide) rings is 1. The number of anilines is 1. The number of nitrogens with two attached hydrogens (primary N) is 1. The summed E-state index contributed by atoms with van der Waals surface area (Å²) in [6, 6.07) is -1.09. The first-order chi connectivity index (χ1) is 17.6. The van der Waals surface area contributed by atoms with Crippen LogP contribution in [0.2, 0.25) is 0 Å². The van der Waals surface area contributed by atoms with Gasteiger partial charge in [-0.3, -0.25) is 14.5 Å². The fourth-order valence-electron chi connectivity index (χ4n) is 3.00. The summed E-state index contributed by atoms with van der Waals surface area (Å²) in [5, 5.41) is 26.6. The highest BCUT2D eigenvalue weighted by molar-refractivity contribution is 8.08. The van der Waals surface area contributed by atoms with E-state index in [-0.39, 0.29) is 28.9 Å². The molecule has 1 aromatic heterocycles. The zero-order valence-electron chi connectivity index (χ0n) is 18.7. The Morgan fingerprint density at radius 1 is 1.38 bits per heavy atom. The maximum absolute atomic E-state index is 12.9. The standard InChI is InChI=1S/C20H19N5O9S3/c1-2-4-33-12(28)3-5-35-10-8-36-18-14(17(30)25(18)15(10)19(31)32)23-16(29)13(24-34-6-11(26)27)9-7-37-20(21)22-9/h2-3,5,7,14,18H,1,4,6,8H2,(H2,21,22)(H,23,29)(H,26,27)(H,31,32)/t14-,18+/m1/s1. The molecule has 3 rings (SSSR count). The second-order valence-corrected chi connectivity index (χ2v) is 9.95. The van der Waals surface area contributed by atoms with Crippen molar-refractivity contribution < 1.29 is 43.8 Å². The molecule has 0 spiro atoms. The van der Waals surface area contributed by atoms with Crippen LogP contribution < -0.4 is 11.1 Å². The number of aromatic nitrogens is 1. The molecule has 2 aliphatic rings. The van der Waals surface area contributed by atoms with Crippen LogP contribution in [0.15, 0.2) is 45.3 Å². The van der Waals surface area contributed by atoms with E-state index in [1.807, 2.05) is 0 Å². The summed E-state index contributed by atoms with van der Waals surface area (Å²) in [6.45, 7) is 2.63. The van der Waals surface area contributed by atoms with E-state index in [4.69, 9.17) is 15.6 Å². The van der Waals surface area contributed by atoms with E-state index >= 15 is 0 Å². The number of amides is 2. The molecule has 0 unspecified atom stereocenters. The molecule has 2 amide bonds. The highest BCUT2D eigenvalue weighted by atomic mass is 32.2. The molecule has 1 fully saturated rings. The summed E-state index contributed by atoms with van der Waals surface area (Å²) >= 11 is 3.17. The Morgan fingerprint density at radius 3 is 2.76 bits per heavy atom. The van der Waals surface area contributed by atoms with Gasteiger partial charge in [0.25, 0.3) is 11.8 Å². The van der Waals surface area contributed by atoms with Gasteiger partial charge >= 0.3 is 17.9 Å². The third-order valence-electron chi connectivity index (χ3n) is 4.50. The maximum Gasteiger partial charge on any atom is 0.353 e. The molecule has 0 aromatic carbocycles. The van der Waals surface area contributed by atoms with Gasteiger partial charge in [0.2, 0.25) is 6.61 Å². The predicted molar refractivity (Wildman–Crippen MR) is 134 cm³/mol. The van der Waals surface area contributed by atoms with Gasteiger partial charge in [0.1, 0.15) is 29.4 Å². The number of esters is 1. The van der Waals surface area contributed by atoms with E-state index in [1.165, 1.54) is 28.6 Å². The summed E-state index contributed by atoms with van der Waals surface area (Å²) in [5.41, 5.74) is 4.94. The van der Waals surface area contributed by atoms with Crippen molar-refractivity contribution in [1.82, 2.24) is 15.2 Å². The second kappa shape index (κ2) is 12.4. The Morgan fingerprint density at radius 2 is 2.14 bits per heavy atom. The zero-order chi connectivity index (χ0) is 27.1. The quantitative estimate of drug-likeness (QED) is 0.0663. The van der Waals surface area contributed by atoms with Crippen molar-refractivity contribution in [3.63, 3.8) is 0 Å². The Labute approximate surface area is 221 Å². The van der Waals surface area contributed by atoms with Gasteiger partial charge in [-0.1, -0.05) is 29.6 Å². The number of rotatable bonds is 12. The van der Waals surface area contributed by atoms with E-state index in [2.05, 4.69) is 26.9 Å². The molecule has 14 nitrogen and oxygen atoms in total. The van der Waals surface area contributed by atoms with Gasteiger partial charge in [-0.2, -0.15) is 0 Å². The molecule has 37 heavy (non-hydrogen) atoms. The number of oxime groups is 1. The van der Waals surface area contributed by atoms with Crippen LogP contribution in [0.1, 0.15) is 5.69 Å². The van der Waals surface area contributed by atoms with Crippen LogP contribution in [0.5, 0.6) is 0 Å². The SMILES string of the molecule is C=CCOC(=O)C=CSC1=C(C(=O)O)N2C(=O)[C@@H](NC(=O)C(=NOCC(=O)O)c3csc(N)n3)[C@@H]2SC1. The van der Waals surface area contributed by atoms with Crippen LogP contribution in [-0.2, 0) is 33.5 Å². The molecule has 1 aromatic rings. The van der Waals surface area contributed by atoms with E-state index in [9.17, 15) is 29.1 Å². The van der Waals surface area contributed by atoms with Crippen molar-refractivity contribution in [2.75, 3.05) is 24.7 Å². The van der Waals surface area contributed by atoms with Crippen molar-refractivity contribution >= 4 is 75.4 Å². The number of aliphatic carboxylic acids is 2. The maximum atomic E-state index is 12.9. The van der Waals surface area contributed by atoms with Crippen LogP contribution in [0.4, 0.5) is 5.13 Å². The number of fused-ring (bicyclic) bond motifs is 1. The average Bonchev–Trinajstić information content (AvgIpc) is 3.28. The molecule has 3 heterocycles. The minimum Gasteiger partial charge on any atom is -0.479 e. The predicted octanol–water partition coefficient (Wildman–Crippen LogP) is 0.203. The fourth-order valence-corrected chi connectivity index (χ4v) is 5.86.